The fourth-order valence-corrected chi connectivity index (χ4v) is 2.38. The first kappa shape index (κ1) is 18.5. The normalized spacial score (nSPS) is 10.9. The Morgan fingerprint density at radius 1 is 1.26 bits per heavy atom. The van der Waals surface area contributed by atoms with Crippen molar-refractivity contribution >= 4 is 34.0 Å². The van der Waals surface area contributed by atoms with Crippen molar-refractivity contribution in [3.8, 4) is 5.75 Å². The lowest BCUT2D eigenvalue weighted by Gasteiger charge is -2.09. The molecule has 138 valence electrons. The summed E-state index contributed by atoms with van der Waals surface area (Å²) in [6.07, 6.45) is 1.51. The van der Waals surface area contributed by atoms with Gasteiger partial charge in [-0.05, 0) is 35.0 Å². The van der Waals surface area contributed by atoms with Crippen LogP contribution in [0.15, 0.2) is 58.1 Å². The number of para-hydroxylation sites is 1. The van der Waals surface area contributed by atoms with Crippen LogP contribution in [0.1, 0.15) is 11.1 Å². The minimum Gasteiger partial charge on any atom is -0.488 e. The van der Waals surface area contributed by atoms with Gasteiger partial charge >= 0.3 is 0 Å². The fraction of sp³-hybridized carbons (Fsp3) is 0.118. The Morgan fingerprint density at radius 3 is 2.78 bits per heavy atom. The molecule has 0 bridgehead atoms. The molecule has 0 aliphatic rings. The summed E-state index contributed by atoms with van der Waals surface area (Å²) in [6, 6.07) is 15.3. The third-order valence-corrected chi connectivity index (χ3v) is 3.90. The molecule has 3 aromatic rings. The zero-order chi connectivity index (χ0) is 19.1. The summed E-state index contributed by atoms with van der Waals surface area (Å²) in [5.74, 6) is 0.254. The van der Waals surface area contributed by atoms with Crippen molar-refractivity contribution in [3.63, 3.8) is 0 Å². The monoisotopic (exact) mass is 429 g/mol. The van der Waals surface area contributed by atoms with Gasteiger partial charge in [-0.25, -0.2) is 5.43 Å². The second-order valence-electron chi connectivity index (χ2n) is 5.42. The van der Waals surface area contributed by atoms with E-state index in [1.165, 1.54) is 6.21 Å². The summed E-state index contributed by atoms with van der Waals surface area (Å²) < 4.78 is 6.87. The number of nitrogen functional groups attached to an aromatic ring is 1. The molecule has 9 nitrogen and oxygen atoms in total. The van der Waals surface area contributed by atoms with E-state index in [-0.39, 0.29) is 12.5 Å². The summed E-state index contributed by atoms with van der Waals surface area (Å²) in [5, 5.41) is 14.8. The number of hydrazone groups is 1. The molecule has 10 heteroatoms. The van der Waals surface area contributed by atoms with Gasteiger partial charge in [-0.3, -0.25) is 4.79 Å². The van der Waals surface area contributed by atoms with Gasteiger partial charge in [-0.2, -0.15) is 9.90 Å². The number of nitrogens with one attached hydrogen (secondary N) is 1. The first-order valence-electron chi connectivity index (χ1n) is 7.91. The first-order valence-corrected chi connectivity index (χ1v) is 8.71. The molecule has 0 saturated heterocycles. The molecule has 3 N–H and O–H groups in total. The molecule has 3 rings (SSSR count). The quantitative estimate of drug-likeness (QED) is 0.435. The van der Waals surface area contributed by atoms with Gasteiger partial charge in [0.2, 0.25) is 0 Å². The summed E-state index contributed by atoms with van der Waals surface area (Å²) in [4.78, 5) is 12.9. The van der Waals surface area contributed by atoms with Crippen molar-refractivity contribution < 1.29 is 9.53 Å². The van der Waals surface area contributed by atoms with Crippen LogP contribution in [0.25, 0.3) is 0 Å². The Hall–Kier alpha value is -3.27. The zero-order valence-electron chi connectivity index (χ0n) is 14.1. The Kier molecular flexibility index (Phi) is 6.10. The van der Waals surface area contributed by atoms with E-state index in [1.54, 1.807) is 0 Å². The molecule has 0 aliphatic carbocycles. The number of hydrogen-bond donors (Lipinski definition) is 2. The molecule has 0 radical (unpaired) electrons. The maximum Gasteiger partial charge on any atom is 0.263 e. The SMILES string of the molecule is Nc1nnn(CC(=O)NN=Cc2ccccc2OCc2ccc(Br)cc2)n1. The lowest BCUT2D eigenvalue weighted by atomic mass is 10.2. The first-order chi connectivity index (χ1) is 13.1. The minimum atomic E-state index is -0.406. The van der Waals surface area contributed by atoms with Gasteiger partial charge in [-0.1, -0.05) is 45.3 Å². The van der Waals surface area contributed by atoms with E-state index in [2.05, 4.69) is 41.9 Å². The second kappa shape index (κ2) is 8.90. The molecule has 0 fully saturated rings. The summed E-state index contributed by atoms with van der Waals surface area (Å²) in [5.41, 5.74) is 9.51. The van der Waals surface area contributed by atoms with E-state index in [0.29, 0.717) is 12.4 Å². The van der Waals surface area contributed by atoms with Crippen LogP contribution in [0.2, 0.25) is 0 Å². The molecule has 1 aromatic heterocycles. The largest absolute Gasteiger partial charge is 0.488 e. The molecule has 0 spiro atoms. The molecule has 1 amide bonds. The minimum absolute atomic E-state index is 0.00292. The number of carbonyl (C=O) groups is 1. The van der Waals surface area contributed by atoms with Crippen LogP contribution in [0.3, 0.4) is 0 Å². The Balaban J connectivity index is 1.57. The van der Waals surface area contributed by atoms with Crippen LogP contribution >= 0.6 is 15.9 Å². The van der Waals surface area contributed by atoms with Gasteiger partial charge in [-0.15, -0.1) is 5.10 Å². The number of tetrazole rings is 1. The number of benzene rings is 2. The molecular weight excluding hydrogens is 414 g/mol. The van der Waals surface area contributed by atoms with E-state index in [1.807, 2.05) is 48.5 Å². The molecule has 0 atom stereocenters. The highest BCUT2D eigenvalue weighted by molar-refractivity contribution is 9.10. The van der Waals surface area contributed by atoms with Crippen molar-refractivity contribution in [1.29, 1.82) is 0 Å². The van der Waals surface area contributed by atoms with E-state index in [4.69, 9.17) is 10.5 Å². The number of aromatic nitrogens is 4. The molecule has 1 heterocycles. The third-order valence-electron chi connectivity index (χ3n) is 3.37. The highest BCUT2D eigenvalue weighted by atomic mass is 79.9. The number of carbonyl (C=O) groups excluding carboxylic acids is 1. The Morgan fingerprint density at radius 2 is 2.04 bits per heavy atom. The molecule has 0 unspecified atom stereocenters. The molecule has 0 aliphatic heterocycles. The number of halogens is 1. The number of nitrogens with zero attached hydrogens (tertiary/aromatic N) is 5. The number of nitrogens with two attached hydrogens (primary N) is 1. The van der Waals surface area contributed by atoms with Gasteiger partial charge in [0.05, 0.1) is 6.21 Å². The molecule has 0 saturated carbocycles. The molecule has 27 heavy (non-hydrogen) atoms. The molecular formula is C17H16BrN7O2. The number of anilines is 1. The maximum absolute atomic E-state index is 11.8. The van der Waals surface area contributed by atoms with Crippen LogP contribution in [0.4, 0.5) is 5.95 Å². The van der Waals surface area contributed by atoms with Crippen LogP contribution in [-0.4, -0.2) is 32.3 Å². The topological polar surface area (TPSA) is 120 Å². The fourth-order valence-electron chi connectivity index (χ4n) is 2.12. The van der Waals surface area contributed by atoms with Gasteiger partial charge in [0, 0.05) is 10.0 Å². The van der Waals surface area contributed by atoms with Gasteiger partial charge in [0.25, 0.3) is 11.9 Å². The van der Waals surface area contributed by atoms with Crippen LogP contribution in [0.5, 0.6) is 5.75 Å². The van der Waals surface area contributed by atoms with Crippen molar-refractivity contribution in [2.75, 3.05) is 5.73 Å². The van der Waals surface area contributed by atoms with Crippen molar-refractivity contribution in [2.24, 2.45) is 5.10 Å². The van der Waals surface area contributed by atoms with Crippen molar-refractivity contribution in [3.05, 3.63) is 64.1 Å². The van der Waals surface area contributed by atoms with Crippen molar-refractivity contribution in [2.45, 2.75) is 13.2 Å². The number of hydrogen-bond acceptors (Lipinski definition) is 7. The average Bonchev–Trinajstić information content (AvgIpc) is 3.07. The molecule has 2 aromatic carbocycles. The van der Waals surface area contributed by atoms with Gasteiger partial charge in [0.15, 0.2) is 0 Å². The third kappa shape index (κ3) is 5.61. The number of rotatable bonds is 7. The number of ether oxygens (including phenoxy) is 1. The smallest absolute Gasteiger partial charge is 0.263 e. The van der Waals surface area contributed by atoms with Gasteiger partial charge < -0.3 is 10.5 Å². The van der Waals surface area contributed by atoms with Crippen LogP contribution < -0.4 is 15.9 Å². The number of amides is 1. The summed E-state index contributed by atoms with van der Waals surface area (Å²) >= 11 is 3.40. The van der Waals surface area contributed by atoms with Crippen molar-refractivity contribution in [1.82, 2.24) is 25.6 Å². The average molecular weight is 430 g/mol. The zero-order valence-corrected chi connectivity index (χ0v) is 15.7. The highest BCUT2D eigenvalue weighted by Crippen LogP contribution is 2.18. The summed E-state index contributed by atoms with van der Waals surface area (Å²) in [6.45, 7) is 0.285. The lowest BCUT2D eigenvalue weighted by molar-refractivity contribution is -0.122. The highest BCUT2D eigenvalue weighted by Gasteiger charge is 2.05. The maximum atomic E-state index is 11.8. The van der Waals surface area contributed by atoms with E-state index >= 15 is 0 Å². The predicted molar refractivity (Wildman–Crippen MR) is 103 cm³/mol. The lowest BCUT2D eigenvalue weighted by Crippen LogP contribution is -2.24. The van der Waals surface area contributed by atoms with E-state index < -0.39 is 5.91 Å². The standard InChI is InChI=1S/C17H16BrN7O2/c18-14-7-5-12(6-8-14)11-27-15-4-2-1-3-13(15)9-20-21-16(26)10-25-23-17(19)22-24-25/h1-9H,10-11H2,(H2,19,23)(H,21,26). The second-order valence-corrected chi connectivity index (χ2v) is 6.34. The van der Waals surface area contributed by atoms with E-state index in [9.17, 15) is 4.79 Å². The Bertz CT molecular complexity index is 940. The summed E-state index contributed by atoms with van der Waals surface area (Å²) in [7, 11) is 0. The predicted octanol–water partition coefficient (Wildman–Crippen LogP) is 1.75. The van der Waals surface area contributed by atoms with Gasteiger partial charge in [0.1, 0.15) is 18.9 Å². The van der Waals surface area contributed by atoms with Crippen LogP contribution in [-0.2, 0) is 17.9 Å². The Labute approximate surface area is 163 Å². The van der Waals surface area contributed by atoms with E-state index in [0.717, 1.165) is 20.4 Å². The van der Waals surface area contributed by atoms with Crippen LogP contribution in [0, 0.1) is 0 Å².